The predicted octanol–water partition coefficient (Wildman–Crippen LogP) is 1.94. The van der Waals surface area contributed by atoms with Crippen molar-refractivity contribution in [1.29, 1.82) is 5.26 Å². The Hall–Kier alpha value is -3.67. The quantitative estimate of drug-likeness (QED) is 0.356. The van der Waals surface area contributed by atoms with Gasteiger partial charge in [0.25, 0.3) is 5.69 Å². The third-order valence-electron chi connectivity index (χ3n) is 3.39. The molecule has 3 rings (SSSR count). The van der Waals surface area contributed by atoms with Crippen molar-refractivity contribution in [2.75, 3.05) is 6.79 Å². The second-order valence-electron chi connectivity index (χ2n) is 4.83. The summed E-state index contributed by atoms with van der Waals surface area (Å²) in [6, 6.07) is 4.69. The molecule has 0 fully saturated rings. The first-order valence-corrected chi connectivity index (χ1v) is 6.77. The lowest BCUT2D eigenvalue weighted by atomic mass is 10.1. The summed E-state index contributed by atoms with van der Waals surface area (Å²) in [6.45, 7) is 0.0542. The van der Waals surface area contributed by atoms with Gasteiger partial charge in [-0.05, 0) is 12.1 Å². The monoisotopic (exact) mass is 326 g/mol. The van der Waals surface area contributed by atoms with Gasteiger partial charge in [-0.1, -0.05) is 0 Å². The number of allylic oxidation sites excluding steroid dienone is 1. The summed E-state index contributed by atoms with van der Waals surface area (Å²) in [6.07, 6.45) is 4.93. The van der Waals surface area contributed by atoms with E-state index in [4.69, 9.17) is 9.47 Å². The van der Waals surface area contributed by atoms with Crippen LogP contribution in [0.2, 0.25) is 0 Å². The number of carbonyl (C=O) groups is 1. The van der Waals surface area contributed by atoms with Gasteiger partial charge in [-0.25, -0.2) is 4.98 Å². The van der Waals surface area contributed by atoms with Crippen molar-refractivity contribution in [3.63, 3.8) is 0 Å². The number of nitro groups is 1. The van der Waals surface area contributed by atoms with Crippen molar-refractivity contribution >= 4 is 18.0 Å². The zero-order valence-corrected chi connectivity index (χ0v) is 12.2. The normalized spacial score (nSPS) is 12.7. The molecule has 1 aromatic heterocycles. The first-order chi connectivity index (χ1) is 11.6. The Labute approximate surface area is 135 Å². The number of nitro benzene ring substituents is 1. The topological polar surface area (TPSA) is 120 Å². The molecule has 1 aliphatic heterocycles. The fraction of sp³-hybridized carbons (Fsp3) is 0.133. The van der Waals surface area contributed by atoms with Crippen molar-refractivity contribution in [3.8, 4) is 17.6 Å². The van der Waals surface area contributed by atoms with E-state index >= 15 is 0 Å². The van der Waals surface area contributed by atoms with Crippen LogP contribution in [0.1, 0.15) is 16.2 Å². The van der Waals surface area contributed by atoms with Gasteiger partial charge in [0, 0.05) is 12.4 Å². The van der Waals surface area contributed by atoms with Gasteiger partial charge in [0.15, 0.2) is 23.6 Å². The molecule has 0 bridgehead atoms. The average Bonchev–Trinajstić information content (AvgIpc) is 3.21. The summed E-state index contributed by atoms with van der Waals surface area (Å²) in [4.78, 5) is 25.4. The molecule has 9 nitrogen and oxygen atoms in total. The highest BCUT2D eigenvalue weighted by atomic mass is 16.7. The summed E-state index contributed by atoms with van der Waals surface area (Å²) >= 11 is 0. The minimum Gasteiger partial charge on any atom is -0.454 e. The lowest BCUT2D eigenvalue weighted by Crippen LogP contribution is -2.04. The molecular weight excluding hydrogens is 316 g/mol. The van der Waals surface area contributed by atoms with Crippen molar-refractivity contribution in [1.82, 2.24) is 9.55 Å². The number of nitriles is 1. The maximum absolute atomic E-state index is 11.2. The molecule has 1 aromatic carbocycles. The number of aromatic nitrogens is 2. The first-order valence-electron chi connectivity index (χ1n) is 6.77. The van der Waals surface area contributed by atoms with E-state index in [1.807, 2.05) is 6.07 Å². The number of benzene rings is 1. The Morgan fingerprint density at radius 3 is 2.88 bits per heavy atom. The zero-order chi connectivity index (χ0) is 17.1. The van der Waals surface area contributed by atoms with Crippen molar-refractivity contribution in [3.05, 3.63) is 51.6 Å². The van der Waals surface area contributed by atoms with E-state index in [1.54, 1.807) is 6.20 Å². The van der Waals surface area contributed by atoms with E-state index in [-0.39, 0.29) is 41.7 Å². The average molecular weight is 326 g/mol. The molecule has 9 heteroatoms. The number of rotatable bonds is 5. The molecule has 0 amide bonds. The van der Waals surface area contributed by atoms with Crippen LogP contribution >= 0.6 is 0 Å². The number of fused-ring (bicyclic) bond motifs is 1. The van der Waals surface area contributed by atoms with Crippen LogP contribution in [0, 0.1) is 21.4 Å². The lowest BCUT2D eigenvalue weighted by Gasteiger charge is -2.04. The summed E-state index contributed by atoms with van der Waals surface area (Å²) < 4.78 is 11.8. The SMILES string of the molecule is N#C/C(=C\c1cc2c(cc1[N+](=O)[O-])OCO2)Cn1ccnc1C=O. The van der Waals surface area contributed by atoms with Crippen LogP contribution in [0.3, 0.4) is 0 Å². The van der Waals surface area contributed by atoms with E-state index in [1.165, 1.54) is 29.0 Å². The molecule has 0 saturated heterocycles. The molecule has 0 N–H and O–H groups in total. The van der Waals surface area contributed by atoms with E-state index < -0.39 is 4.92 Å². The summed E-state index contributed by atoms with van der Waals surface area (Å²) in [5.74, 6) is 0.826. The maximum Gasteiger partial charge on any atom is 0.280 e. The molecule has 120 valence electrons. The van der Waals surface area contributed by atoms with Gasteiger partial charge in [0.1, 0.15) is 0 Å². The number of hydrogen-bond donors (Lipinski definition) is 0. The molecule has 1 aliphatic rings. The first kappa shape index (κ1) is 15.2. The maximum atomic E-state index is 11.2. The van der Waals surface area contributed by atoms with Gasteiger partial charge in [-0.15, -0.1) is 0 Å². The van der Waals surface area contributed by atoms with E-state index in [2.05, 4.69) is 4.98 Å². The van der Waals surface area contributed by atoms with Crippen molar-refractivity contribution in [2.45, 2.75) is 6.54 Å². The number of nitrogens with zero attached hydrogens (tertiary/aromatic N) is 4. The third kappa shape index (κ3) is 2.80. The minimum absolute atomic E-state index is 0.0114. The van der Waals surface area contributed by atoms with Crippen LogP contribution in [-0.4, -0.2) is 27.6 Å². The Bertz CT molecular complexity index is 894. The molecule has 0 unspecified atom stereocenters. The standard InChI is InChI=1S/C15H10N4O5/c16-6-10(7-18-2-1-17-15(18)8-20)3-11-4-13-14(24-9-23-13)5-12(11)19(21)22/h1-5,8H,7,9H2/b10-3+. The number of carbonyl (C=O) groups excluding carboxylic acids is 1. The van der Waals surface area contributed by atoms with Crippen LogP contribution in [0.25, 0.3) is 6.08 Å². The van der Waals surface area contributed by atoms with Crippen molar-refractivity contribution < 1.29 is 19.2 Å². The largest absolute Gasteiger partial charge is 0.454 e. The Morgan fingerprint density at radius 1 is 1.46 bits per heavy atom. The van der Waals surface area contributed by atoms with Gasteiger partial charge in [-0.2, -0.15) is 5.26 Å². The van der Waals surface area contributed by atoms with Gasteiger partial charge < -0.3 is 14.0 Å². The van der Waals surface area contributed by atoms with E-state index in [0.29, 0.717) is 12.0 Å². The second kappa shape index (κ2) is 6.21. The van der Waals surface area contributed by atoms with Crippen LogP contribution in [0.15, 0.2) is 30.1 Å². The highest BCUT2D eigenvalue weighted by molar-refractivity contribution is 5.71. The Morgan fingerprint density at radius 2 is 2.21 bits per heavy atom. The number of imidazole rings is 1. The fourth-order valence-corrected chi connectivity index (χ4v) is 2.28. The summed E-state index contributed by atoms with van der Waals surface area (Å²) in [5, 5.41) is 20.6. The van der Waals surface area contributed by atoms with Gasteiger partial charge in [-0.3, -0.25) is 14.9 Å². The van der Waals surface area contributed by atoms with Crippen LogP contribution in [0.4, 0.5) is 5.69 Å². The minimum atomic E-state index is -0.559. The Kier molecular flexibility index (Phi) is 3.94. The van der Waals surface area contributed by atoms with Crippen LogP contribution in [0.5, 0.6) is 11.5 Å². The molecule has 24 heavy (non-hydrogen) atoms. The molecule has 0 atom stereocenters. The Balaban J connectivity index is 2.00. The van der Waals surface area contributed by atoms with Gasteiger partial charge in [0.2, 0.25) is 6.79 Å². The second-order valence-corrected chi connectivity index (χ2v) is 4.83. The molecule has 0 spiro atoms. The molecule has 2 heterocycles. The molecular formula is C15H10N4O5. The van der Waals surface area contributed by atoms with Crippen LogP contribution < -0.4 is 9.47 Å². The lowest BCUT2D eigenvalue weighted by molar-refractivity contribution is -0.385. The third-order valence-corrected chi connectivity index (χ3v) is 3.39. The zero-order valence-electron chi connectivity index (χ0n) is 12.2. The summed E-state index contributed by atoms with van der Waals surface area (Å²) in [7, 11) is 0. The van der Waals surface area contributed by atoms with Gasteiger partial charge >= 0.3 is 0 Å². The fourth-order valence-electron chi connectivity index (χ4n) is 2.28. The molecule has 2 aromatic rings. The summed E-state index contributed by atoms with van der Waals surface area (Å²) in [5.41, 5.74) is 0.236. The van der Waals surface area contributed by atoms with Crippen LogP contribution in [-0.2, 0) is 6.54 Å². The van der Waals surface area contributed by atoms with E-state index in [0.717, 1.165) is 0 Å². The van der Waals surface area contributed by atoms with Crippen molar-refractivity contribution in [2.24, 2.45) is 0 Å². The van der Waals surface area contributed by atoms with Gasteiger partial charge in [0.05, 0.1) is 34.7 Å². The molecule has 0 aliphatic carbocycles. The predicted molar refractivity (Wildman–Crippen MR) is 80.4 cm³/mol. The highest BCUT2D eigenvalue weighted by Gasteiger charge is 2.22. The molecule has 0 saturated carbocycles. The molecule has 0 radical (unpaired) electrons. The number of hydrogen-bond acceptors (Lipinski definition) is 7. The number of ether oxygens (including phenoxy) is 2. The highest BCUT2D eigenvalue weighted by Crippen LogP contribution is 2.38. The smallest absolute Gasteiger partial charge is 0.280 e. The van der Waals surface area contributed by atoms with E-state index in [9.17, 15) is 20.2 Å². The number of aldehydes is 1.